The van der Waals surface area contributed by atoms with Crippen molar-refractivity contribution in [2.45, 2.75) is 32.2 Å². The van der Waals surface area contributed by atoms with Crippen molar-refractivity contribution < 1.29 is 14.3 Å². The fraction of sp³-hybridized carbons (Fsp3) is 0.556. The van der Waals surface area contributed by atoms with Crippen molar-refractivity contribution in [1.82, 2.24) is 15.1 Å². The number of ether oxygens (including phenoxy) is 1. The molecule has 0 bridgehead atoms. The molecule has 3 amide bonds. The lowest BCUT2D eigenvalue weighted by molar-refractivity contribution is -0.127. The van der Waals surface area contributed by atoms with E-state index in [1.54, 1.807) is 16.9 Å². The van der Waals surface area contributed by atoms with Crippen LogP contribution in [0.25, 0.3) is 0 Å². The molecule has 6 nitrogen and oxygen atoms in total. The average molecular weight is 331 g/mol. The third-order valence-corrected chi connectivity index (χ3v) is 4.91. The first-order valence-corrected chi connectivity index (χ1v) is 8.50. The zero-order chi connectivity index (χ0) is 17.1. The van der Waals surface area contributed by atoms with Crippen molar-refractivity contribution in [2.75, 3.05) is 33.5 Å². The average Bonchev–Trinajstić information content (AvgIpc) is 2.95. The molecule has 1 aromatic carbocycles. The van der Waals surface area contributed by atoms with E-state index in [0.717, 1.165) is 19.3 Å². The Bertz CT molecular complexity index is 632. The van der Waals surface area contributed by atoms with E-state index in [9.17, 15) is 9.59 Å². The van der Waals surface area contributed by atoms with Crippen molar-refractivity contribution in [3.63, 3.8) is 0 Å². The van der Waals surface area contributed by atoms with Crippen LogP contribution in [0.2, 0.25) is 0 Å². The molecule has 130 valence electrons. The highest BCUT2D eigenvalue weighted by Crippen LogP contribution is 2.31. The van der Waals surface area contributed by atoms with E-state index in [1.165, 1.54) is 16.7 Å². The molecular formula is C18H25N3O3. The molecule has 1 aliphatic carbocycles. The topological polar surface area (TPSA) is 61.9 Å². The van der Waals surface area contributed by atoms with Crippen LogP contribution < -0.4 is 5.32 Å². The molecule has 1 fully saturated rings. The second-order valence-electron chi connectivity index (χ2n) is 6.53. The standard InChI is InChI=1S/C18H25N3O3/c1-13-5-3-7-15-14(13)6-4-8-16(15)19-18(23)21-11-17(22)20(12-21)9-10-24-2/h3,5,7,16H,4,6,8-12H2,1-2H3,(H,19,23). The summed E-state index contributed by atoms with van der Waals surface area (Å²) in [6.07, 6.45) is 3.08. The second-order valence-corrected chi connectivity index (χ2v) is 6.53. The summed E-state index contributed by atoms with van der Waals surface area (Å²) in [6.45, 7) is 3.60. The van der Waals surface area contributed by atoms with Crippen molar-refractivity contribution in [3.8, 4) is 0 Å². The Balaban J connectivity index is 1.64. The third-order valence-electron chi connectivity index (χ3n) is 4.91. The van der Waals surface area contributed by atoms with Crippen LogP contribution in [0.4, 0.5) is 4.79 Å². The molecule has 0 spiro atoms. The van der Waals surface area contributed by atoms with Gasteiger partial charge in [-0.25, -0.2) is 4.79 Å². The second kappa shape index (κ2) is 7.21. The number of benzene rings is 1. The fourth-order valence-electron chi connectivity index (χ4n) is 3.55. The van der Waals surface area contributed by atoms with Crippen LogP contribution in [0.15, 0.2) is 18.2 Å². The van der Waals surface area contributed by atoms with Crippen LogP contribution >= 0.6 is 0 Å². The number of carbonyl (C=O) groups is 2. The van der Waals surface area contributed by atoms with Crippen LogP contribution in [0.1, 0.15) is 35.6 Å². The first-order valence-electron chi connectivity index (χ1n) is 8.50. The molecule has 1 N–H and O–H groups in total. The Morgan fingerprint density at radius 1 is 1.42 bits per heavy atom. The number of methoxy groups -OCH3 is 1. The monoisotopic (exact) mass is 331 g/mol. The van der Waals surface area contributed by atoms with Gasteiger partial charge in [-0.05, 0) is 42.9 Å². The van der Waals surface area contributed by atoms with Gasteiger partial charge in [0.15, 0.2) is 0 Å². The highest BCUT2D eigenvalue weighted by Gasteiger charge is 2.32. The highest BCUT2D eigenvalue weighted by molar-refractivity contribution is 5.87. The van der Waals surface area contributed by atoms with Crippen LogP contribution in [-0.4, -0.2) is 55.2 Å². The molecule has 2 aliphatic rings. The molecule has 1 aromatic rings. The van der Waals surface area contributed by atoms with Crippen molar-refractivity contribution >= 4 is 11.9 Å². The van der Waals surface area contributed by atoms with E-state index in [4.69, 9.17) is 4.74 Å². The molecule has 1 unspecified atom stereocenters. The van der Waals surface area contributed by atoms with Crippen molar-refractivity contribution in [2.24, 2.45) is 0 Å². The Hall–Kier alpha value is -2.08. The van der Waals surface area contributed by atoms with Gasteiger partial charge >= 0.3 is 6.03 Å². The largest absolute Gasteiger partial charge is 0.383 e. The molecule has 1 aliphatic heterocycles. The van der Waals surface area contributed by atoms with E-state index in [1.807, 2.05) is 6.07 Å². The van der Waals surface area contributed by atoms with Crippen molar-refractivity contribution in [3.05, 3.63) is 34.9 Å². The Kier molecular flexibility index (Phi) is 5.04. The van der Waals surface area contributed by atoms with Crippen LogP contribution in [0.3, 0.4) is 0 Å². The van der Waals surface area contributed by atoms with Gasteiger partial charge in [-0.1, -0.05) is 18.2 Å². The Labute approximate surface area is 142 Å². The SMILES string of the molecule is COCCN1CN(C(=O)NC2CCCc3c(C)cccc32)CC1=O. The van der Waals surface area contributed by atoms with Gasteiger partial charge in [0.2, 0.25) is 5.91 Å². The summed E-state index contributed by atoms with van der Waals surface area (Å²) in [5, 5.41) is 3.12. The number of aryl methyl sites for hydroxylation is 1. The summed E-state index contributed by atoms with van der Waals surface area (Å²) in [6, 6.07) is 6.14. The van der Waals surface area contributed by atoms with Gasteiger partial charge in [0.1, 0.15) is 6.54 Å². The fourth-order valence-corrected chi connectivity index (χ4v) is 3.55. The summed E-state index contributed by atoms with van der Waals surface area (Å²) in [5.41, 5.74) is 3.86. The van der Waals surface area contributed by atoms with Crippen LogP contribution in [-0.2, 0) is 16.0 Å². The zero-order valence-electron chi connectivity index (χ0n) is 14.4. The number of nitrogens with one attached hydrogen (secondary N) is 1. The van der Waals surface area contributed by atoms with E-state index >= 15 is 0 Å². The predicted octanol–water partition coefficient (Wildman–Crippen LogP) is 1.83. The number of hydrogen-bond donors (Lipinski definition) is 1. The Morgan fingerprint density at radius 2 is 2.25 bits per heavy atom. The van der Waals surface area contributed by atoms with E-state index in [0.29, 0.717) is 19.8 Å². The minimum absolute atomic E-state index is 0.0258. The summed E-state index contributed by atoms with van der Waals surface area (Å²) in [5.74, 6) is -0.0258. The third kappa shape index (κ3) is 3.38. The number of urea groups is 1. The molecule has 24 heavy (non-hydrogen) atoms. The van der Waals surface area contributed by atoms with E-state index < -0.39 is 0 Å². The number of carbonyl (C=O) groups excluding carboxylic acids is 2. The highest BCUT2D eigenvalue weighted by atomic mass is 16.5. The molecular weight excluding hydrogens is 306 g/mol. The van der Waals surface area contributed by atoms with E-state index in [-0.39, 0.29) is 24.5 Å². The van der Waals surface area contributed by atoms with Gasteiger partial charge < -0.3 is 15.0 Å². The summed E-state index contributed by atoms with van der Waals surface area (Å²) in [7, 11) is 1.60. The maximum atomic E-state index is 12.6. The van der Waals surface area contributed by atoms with Crippen LogP contribution in [0.5, 0.6) is 0 Å². The lowest BCUT2D eigenvalue weighted by Gasteiger charge is -2.29. The lowest BCUT2D eigenvalue weighted by Crippen LogP contribution is -2.42. The smallest absolute Gasteiger partial charge is 0.319 e. The molecule has 1 heterocycles. The van der Waals surface area contributed by atoms with Gasteiger partial charge in [-0.15, -0.1) is 0 Å². The maximum Gasteiger partial charge on any atom is 0.319 e. The minimum Gasteiger partial charge on any atom is -0.383 e. The van der Waals surface area contributed by atoms with Gasteiger partial charge in [0, 0.05) is 13.7 Å². The predicted molar refractivity (Wildman–Crippen MR) is 90.6 cm³/mol. The van der Waals surface area contributed by atoms with Gasteiger partial charge in [-0.2, -0.15) is 0 Å². The first kappa shape index (κ1) is 16.8. The molecule has 1 saturated heterocycles. The molecule has 1 atom stereocenters. The van der Waals surface area contributed by atoms with Gasteiger partial charge in [0.05, 0.1) is 19.3 Å². The molecule has 0 aromatic heterocycles. The van der Waals surface area contributed by atoms with Gasteiger partial charge in [-0.3, -0.25) is 9.69 Å². The molecule has 0 radical (unpaired) electrons. The minimum atomic E-state index is -0.164. The normalized spacial score (nSPS) is 20.2. The van der Waals surface area contributed by atoms with Crippen LogP contribution in [0, 0.1) is 6.92 Å². The first-order chi connectivity index (χ1) is 11.6. The number of hydrogen-bond acceptors (Lipinski definition) is 3. The summed E-state index contributed by atoms with van der Waals surface area (Å²) < 4.78 is 5.01. The Morgan fingerprint density at radius 3 is 3.04 bits per heavy atom. The summed E-state index contributed by atoms with van der Waals surface area (Å²) in [4.78, 5) is 27.8. The number of amides is 3. The summed E-state index contributed by atoms with van der Waals surface area (Å²) >= 11 is 0. The number of nitrogens with zero attached hydrogens (tertiary/aromatic N) is 2. The van der Waals surface area contributed by atoms with Gasteiger partial charge in [0.25, 0.3) is 0 Å². The van der Waals surface area contributed by atoms with Crippen molar-refractivity contribution in [1.29, 1.82) is 0 Å². The quantitative estimate of drug-likeness (QED) is 0.915. The lowest BCUT2D eigenvalue weighted by atomic mass is 9.85. The maximum absolute atomic E-state index is 12.6. The molecule has 0 saturated carbocycles. The molecule has 6 heteroatoms. The number of fused-ring (bicyclic) bond motifs is 1. The molecule has 3 rings (SSSR count). The number of rotatable bonds is 4. The zero-order valence-corrected chi connectivity index (χ0v) is 14.4. The van der Waals surface area contributed by atoms with E-state index in [2.05, 4.69) is 24.4 Å².